The van der Waals surface area contributed by atoms with Crippen molar-refractivity contribution in [2.45, 2.75) is 18.7 Å². The van der Waals surface area contributed by atoms with Crippen LogP contribution in [0.3, 0.4) is 0 Å². The summed E-state index contributed by atoms with van der Waals surface area (Å²) in [5, 5.41) is 0.586. The highest BCUT2D eigenvalue weighted by atomic mass is 35.5. The van der Waals surface area contributed by atoms with Gasteiger partial charge in [0.05, 0.1) is 0 Å². The summed E-state index contributed by atoms with van der Waals surface area (Å²) < 4.78 is 0. The van der Waals surface area contributed by atoms with Gasteiger partial charge in [0.15, 0.2) is 0 Å². The summed E-state index contributed by atoms with van der Waals surface area (Å²) in [6.07, 6.45) is 0. The summed E-state index contributed by atoms with van der Waals surface area (Å²) in [6.45, 7) is 4.05. The van der Waals surface area contributed by atoms with Crippen molar-refractivity contribution in [3.05, 3.63) is 40.4 Å². The first-order chi connectivity index (χ1) is 6.68. The van der Waals surface area contributed by atoms with Crippen LogP contribution in [0.15, 0.2) is 44.8 Å². The van der Waals surface area contributed by atoms with Crippen molar-refractivity contribution >= 4 is 28.5 Å². The van der Waals surface area contributed by atoms with Crippen LogP contribution in [0.25, 0.3) is 0 Å². The van der Waals surface area contributed by atoms with Crippen LogP contribution < -0.4 is 0 Å². The van der Waals surface area contributed by atoms with Gasteiger partial charge in [0, 0.05) is 21.1 Å². The molecule has 0 bridgehead atoms. The Labute approximate surface area is 92.9 Å². The summed E-state index contributed by atoms with van der Waals surface area (Å²) >= 11 is 7.84. The van der Waals surface area contributed by atoms with Gasteiger partial charge in [-0.3, -0.25) is 0 Å². The van der Waals surface area contributed by atoms with Gasteiger partial charge in [-0.15, -0.1) is 0 Å². The van der Waals surface area contributed by atoms with E-state index in [1.165, 1.54) is 9.80 Å². The van der Waals surface area contributed by atoms with Gasteiger partial charge in [-0.25, -0.2) is 4.99 Å². The van der Waals surface area contributed by atoms with Gasteiger partial charge in [-0.1, -0.05) is 41.6 Å². The highest BCUT2D eigenvalue weighted by molar-refractivity contribution is 8.03. The van der Waals surface area contributed by atoms with Crippen LogP contribution in [0.4, 0.5) is 0 Å². The van der Waals surface area contributed by atoms with E-state index >= 15 is 0 Å². The Balaban J connectivity index is 2.60. The summed E-state index contributed by atoms with van der Waals surface area (Å²) in [7, 11) is 0. The molecule has 1 aliphatic heterocycles. The summed E-state index contributed by atoms with van der Waals surface area (Å²) in [4.78, 5) is 6.72. The maximum atomic E-state index is 6.11. The SMILES string of the molecule is CC1=C(C)Sc2ccccc2C(Cl)=N1. The number of fused-ring (bicyclic) bond motifs is 1. The number of benzene rings is 1. The first-order valence-corrected chi connectivity index (χ1v) is 5.57. The zero-order valence-electron chi connectivity index (χ0n) is 8.04. The second-order valence-electron chi connectivity index (χ2n) is 3.14. The van der Waals surface area contributed by atoms with Crippen molar-refractivity contribution in [1.82, 2.24) is 0 Å². The third-order valence-electron chi connectivity index (χ3n) is 2.15. The Kier molecular flexibility index (Phi) is 2.66. The number of thioether (sulfide) groups is 1. The minimum Gasteiger partial charge on any atom is -0.240 e. The number of hydrogen-bond acceptors (Lipinski definition) is 2. The van der Waals surface area contributed by atoms with E-state index in [1.807, 2.05) is 25.1 Å². The first-order valence-electron chi connectivity index (χ1n) is 4.37. The lowest BCUT2D eigenvalue weighted by Crippen LogP contribution is -1.91. The molecule has 1 aromatic rings. The molecular weight excluding hydrogens is 214 g/mol. The van der Waals surface area contributed by atoms with E-state index in [9.17, 15) is 0 Å². The molecule has 0 radical (unpaired) electrons. The van der Waals surface area contributed by atoms with Crippen LogP contribution in [0.2, 0.25) is 0 Å². The predicted octanol–water partition coefficient (Wildman–Crippen LogP) is 4.03. The van der Waals surface area contributed by atoms with Gasteiger partial charge < -0.3 is 0 Å². The van der Waals surface area contributed by atoms with Crippen molar-refractivity contribution in [2.75, 3.05) is 0 Å². The van der Waals surface area contributed by atoms with E-state index in [-0.39, 0.29) is 0 Å². The second kappa shape index (κ2) is 3.79. The molecule has 0 amide bonds. The van der Waals surface area contributed by atoms with Gasteiger partial charge in [0.25, 0.3) is 0 Å². The Morgan fingerprint density at radius 3 is 2.71 bits per heavy atom. The van der Waals surface area contributed by atoms with Crippen LogP contribution in [0.1, 0.15) is 19.4 Å². The number of rotatable bonds is 0. The summed E-state index contributed by atoms with van der Waals surface area (Å²) in [5.74, 6) is 0. The monoisotopic (exact) mass is 223 g/mol. The lowest BCUT2D eigenvalue weighted by atomic mass is 10.2. The predicted molar refractivity (Wildman–Crippen MR) is 63.1 cm³/mol. The fraction of sp³-hybridized carbons (Fsp3) is 0.182. The maximum Gasteiger partial charge on any atom is 0.137 e. The Morgan fingerprint density at radius 2 is 1.93 bits per heavy atom. The molecule has 0 aliphatic carbocycles. The zero-order valence-corrected chi connectivity index (χ0v) is 9.62. The number of nitrogens with zero attached hydrogens (tertiary/aromatic N) is 1. The van der Waals surface area contributed by atoms with E-state index in [0.29, 0.717) is 5.17 Å². The van der Waals surface area contributed by atoms with Gasteiger partial charge in [0.1, 0.15) is 5.17 Å². The number of allylic oxidation sites excluding steroid dienone is 2. The number of aliphatic imine (C=N–C) groups is 1. The minimum absolute atomic E-state index is 0.586. The Morgan fingerprint density at radius 1 is 1.21 bits per heavy atom. The lowest BCUT2D eigenvalue weighted by Gasteiger charge is -2.03. The molecule has 1 heterocycles. The van der Waals surface area contributed by atoms with Crippen LogP contribution in [-0.4, -0.2) is 5.17 Å². The average molecular weight is 224 g/mol. The summed E-state index contributed by atoms with van der Waals surface area (Å²) in [5.41, 5.74) is 2.02. The largest absolute Gasteiger partial charge is 0.240 e. The highest BCUT2D eigenvalue weighted by Gasteiger charge is 2.12. The van der Waals surface area contributed by atoms with Crippen molar-refractivity contribution in [3.63, 3.8) is 0 Å². The molecule has 0 N–H and O–H groups in total. The van der Waals surface area contributed by atoms with Crippen LogP contribution in [0.5, 0.6) is 0 Å². The maximum absolute atomic E-state index is 6.11. The average Bonchev–Trinajstić information content (AvgIpc) is 2.27. The molecule has 0 unspecified atom stereocenters. The molecular formula is C11H10ClNS. The molecule has 0 aromatic heterocycles. The van der Waals surface area contributed by atoms with Crippen LogP contribution >= 0.6 is 23.4 Å². The van der Waals surface area contributed by atoms with E-state index in [1.54, 1.807) is 11.8 Å². The molecule has 0 spiro atoms. The van der Waals surface area contributed by atoms with E-state index in [0.717, 1.165) is 11.3 Å². The standard InChI is InChI=1S/C11H10ClNS/c1-7-8(2)14-10-6-4-3-5-9(10)11(12)13-7/h3-6H,1-2H3. The fourth-order valence-electron chi connectivity index (χ4n) is 1.25. The quantitative estimate of drug-likeness (QED) is 0.647. The fourth-order valence-corrected chi connectivity index (χ4v) is 2.54. The molecule has 1 nitrogen and oxygen atoms in total. The van der Waals surface area contributed by atoms with Crippen molar-refractivity contribution in [1.29, 1.82) is 0 Å². The molecule has 1 aromatic carbocycles. The molecule has 2 rings (SSSR count). The second-order valence-corrected chi connectivity index (χ2v) is 4.76. The molecule has 1 aliphatic rings. The van der Waals surface area contributed by atoms with Crippen molar-refractivity contribution < 1.29 is 0 Å². The first kappa shape index (κ1) is 9.81. The van der Waals surface area contributed by atoms with Gasteiger partial charge >= 0.3 is 0 Å². The van der Waals surface area contributed by atoms with Gasteiger partial charge in [0.2, 0.25) is 0 Å². The minimum atomic E-state index is 0.586. The normalized spacial score (nSPS) is 16.1. The molecule has 0 saturated heterocycles. The highest BCUT2D eigenvalue weighted by Crippen LogP contribution is 2.35. The smallest absolute Gasteiger partial charge is 0.137 e. The number of halogens is 1. The third-order valence-corrected chi connectivity index (χ3v) is 3.61. The lowest BCUT2D eigenvalue weighted by molar-refractivity contribution is 1.28. The molecule has 0 atom stereocenters. The van der Waals surface area contributed by atoms with Crippen molar-refractivity contribution in [2.24, 2.45) is 4.99 Å². The molecule has 3 heteroatoms. The van der Waals surface area contributed by atoms with Crippen molar-refractivity contribution in [3.8, 4) is 0 Å². The summed E-state index contributed by atoms with van der Waals surface area (Å²) in [6, 6.07) is 8.07. The molecule has 0 fully saturated rings. The van der Waals surface area contributed by atoms with Crippen LogP contribution in [-0.2, 0) is 0 Å². The van der Waals surface area contributed by atoms with Gasteiger partial charge in [-0.05, 0) is 19.9 Å². The number of hydrogen-bond donors (Lipinski definition) is 0. The van der Waals surface area contributed by atoms with Gasteiger partial charge in [-0.2, -0.15) is 0 Å². The topological polar surface area (TPSA) is 12.4 Å². The molecule has 72 valence electrons. The molecule has 14 heavy (non-hydrogen) atoms. The Hall–Kier alpha value is -0.730. The van der Waals surface area contributed by atoms with E-state index in [4.69, 9.17) is 11.6 Å². The van der Waals surface area contributed by atoms with Crippen LogP contribution in [0, 0.1) is 0 Å². The Bertz CT molecular complexity index is 435. The van der Waals surface area contributed by atoms with E-state index < -0.39 is 0 Å². The third kappa shape index (κ3) is 1.72. The molecule has 0 saturated carbocycles. The van der Waals surface area contributed by atoms with E-state index in [2.05, 4.69) is 18.0 Å². The zero-order chi connectivity index (χ0) is 10.1.